The average molecular weight is 395 g/mol. The zero-order valence-electron chi connectivity index (χ0n) is 17.2. The van der Waals surface area contributed by atoms with Gasteiger partial charge in [-0.15, -0.1) is 6.58 Å². The van der Waals surface area contributed by atoms with E-state index in [2.05, 4.69) is 13.2 Å². The van der Waals surface area contributed by atoms with Crippen molar-refractivity contribution < 1.29 is 19.1 Å². The number of rotatable bonds is 8. The summed E-state index contributed by atoms with van der Waals surface area (Å²) in [7, 11) is 1.33. The van der Waals surface area contributed by atoms with Crippen LogP contribution in [0.2, 0.25) is 0 Å². The fraction of sp³-hybridized carbons (Fsp3) is 0.417. The van der Waals surface area contributed by atoms with Crippen molar-refractivity contribution in [2.24, 2.45) is 10.8 Å². The lowest BCUT2D eigenvalue weighted by Crippen LogP contribution is -2.50. The van der Waals surface area contributed by atoms with Crippen LogP contribution in [0.1, 0.15) is 31.7 Å². The molecule has 1 amide bonds. The normalized spacial score (nSPS) is 28.3. The van der Waals surface area contributed by atoms with Gasteiger partial charge in [0.2, 0.25) is 5.91 Å². The van der Waals surface area contributed by atoms with Crippen molar-refractivity contribution in [1.29, 1.82) is 0 Å². The second kappa shape index (κ2) is 8.27. The fourth-order valence-corrected chi connectivity index (χ4v) is 4.92. The molecule has 3 rings (SSSR count). The van der Waals surface area contributed by atoms with Gasteiger partial charge >= 0.3 is 5.97 Å². The van der Waals surface area contributed by atoms with Gasteiger partial charge in [-0.2, -0.15) is 0 Å². The van der Waals surface area contributed by atoms with Crippen LogP contribution in [0.25, 0.3) is 0 Å². The number of ether oxygens (including phenoxy) is 2. The standard InChI is InChI=1S/C24H29NO4/c1-5-14-24(22(27)28-4)21(26)25(17-18-10-8-7-9-11-18)20-13-12-19(29-15-6-2)16-23(20,24)3/h5-11,16,20H,1-2,12-15,17H2,3-4H3/t20-,23+,24-/m1/s1. The molecule has 1 heterocycles. The first-order valence-electron chi connectivity index (χ1n) is 9.94. The topological polar surface area (TPSA) is 55.8 Å². The number of likely N-dealkylation sites (tertiary alicyclic amines) is 1. The Kier molecular flexibility index (Phi) is 5.96. The van der Waals surface area contributed by atoms with E-state index in [1.54, 1.807) is 12.2 Å². The van der Waals surface area contributed by atoms with Crippen LogP contribution in [0.5, 0.6) is 0 Å². The number of benzene rings is 1. The fourth-order valence-electron chi connectivity index (χ4n) is 4.92. The molecule has 0 N–H and O–H groups in total. The Morgan fingerprint density at radius 2 is 2.00 bits per heavy atom. The van der Waals surface area contributed by atoms with Crippen LogP contribution >= 0.6 is 0 Å². The molecule has 1 aromatic rings. The summed E-state index contributed by atoms with van der Waals surface area (Å²) in [5.41, 5.74) is -1.10. The number of carbonyl (C=O) groups excluding carboxylic acids is 2. The lowest BCUT2D eigenvalue weighted by molar-refractivity contribution is -0.163. The molecule has 5 nitrogen and oxygen atoms in total. The van der Waals surface area contributed by atoms with Crippen molar-refractivity contribution in [3.05, 3.63) is 73.0 Å². The molecule has 1 saturated heterocycles. The highest BCUT2D eigenvalue weighted by atomic mass is 16.5. The molecule has 1 aliphatic carbocycles. The summed E-state index contributed by atoms with van der Waals surface area (Å²) in [6, 6.07) is 9.71. The lowest BCUT2D eigenvalue weighted by atomic mass is 9.59. The van der Waals surface area contributed by atoms with Gasteiger partial charge in [0, 0.05) is 24.4 Å². The maximum atomic E-state index is 13.8. The first-order chi connectivity index (χ1) is 13.9. The van der Waals surface area contributed by atoms with Crippen molar-refractivity contribution in [3.63, 3.8) is 0 Å². The molecule has 1 aliphatic heterocycles. The largest absolute Gasteiger partial charge is 0.494 e. The second-order valence-electron chi connectivity index (χ2n) is 7.86. The molecule has 5 heteroatoms. The van der Waals surface area contributed by atoms with Gasteiger partial charge < -0.3 is 14.4 Å². The molecule has 1 aromatic carbocycles. The third-order valence-corrected chi connectivity index (χ3v) is 6.31. The first kappa shape index (κ1) is 20.9. The van der Waals surface area contributed by atoms with E-state index in [1.165, 1.54) is 7.11 Å². The Bertz CT molecular complexity index is 831. The SMILES string of the molecule is C=CCOC1=C[C@@]2(C)[C@@H](CC1)N(Cc1ccccc1)C(=O)[C@]2(CC=C)C(=O)OC. The molecule has 1 fully saturated rings. The summed E-state index contributed by atoms with van der Waals surface area (Å²) >= 11 is 0. The minimum atomic E-state index is -1.36. The van der Waals surface area contributed by atoms with Gasteiger partial charge in [-0.1, -0.05) is 56.0 Å². The molecular weight excluding hydrogens is 366 g/mol. The molecule has 0 radical (unpaired) electrons. The summed E-state index contributed by atoms with van der Waals surface area (Å²) in [5.74, 6) is 0.0591. The summed E-state index contributed by atoms with van der Waals surface area (Å²) in [5, 5.41) is 0. The van der Waals surface area contributed by atoms with Crippen LogP contribution in [0.4, 0.5) is 0 Å². The molecule has 29 heavy (non-hydrogen) atoms. The highest BCUT2D eigenvalue weighted by molar-refractivity contribution is 6.06. The number of fused-ring (bicyclic) bond motifs is 1. The van der Waals surface area contributed by atoms with E-state index in [4.69, 9.17) is 9.47 Å². The molecule has 0 spiro atoms. The predicted molar refractivity (Wildman–Crippen MR) is 112 cm³/mol. The Morgan fingerprint density at radius 1 is 1.28 bits per heavy atom. The number of esters is 1. The van der Waals surface area contributed by atoms with E-state index in [0.717, 1.165) is 11.3 Å². The van der Waals surface area contributed by atoms with Crippen molar-refractivity contribution in [1.82, 2.24) is 4.90 Å². The molecule has 0 bridgehead atoms. The number of hydrogen-bond donors (Lipinski definition) is 0. The second-order valence-corrected chi connectivity index (χ2v) is 7.86. The molecule has 0 unspecified atom stereocenters. The van der Waals surface area contributed by atoms with E-state index in [-0.39, 0.29) is 18.4 Å². The van der Waals surface area contributed by atoms with Crippen molar-refractivity contribution >= 4 is 11.9 Å². The van der Waals surface area contributed by atoms with Crippen molar-refractivity contribution in [3.8, 4) is 0 Å². The Hall–Kier alpha value is -2.82. The number of nitrogens with zero attached hydrogens (tertiary/aromatic N) is 1. The van der Waals surface area contributed by atoms with Gasteiger partial charge in [0.15, 0.2) is 5.41 Å². The van der Waals surface area contributed by atoms with Gasteiger partial charge in [-0.25, -0.2) is 0 Å². The van der Waals surface area contributed by atoms with Crippen LogP contribution in [0.15, 0.2) is 67.5 Å². The van der Waals surface area contributed by atoms with Crippen molar-refractivity contribution in [2.75, 3.05) is 13.7 Å². The maximum absolute atomic E-state index is 13.8. The smallest absolute Gasteiger partial charge is 0.322 e. The average Bonchev–Trinajstić information content (AvgIpc) is 2.91. The molecule has 0 saturated carbocycles. The van der Waals surface area contributed by atoms with Crippen LogP contribution in [0, 0.1) is 10.8 Å². The third-order valence-electron chi connectivity index (χ3n) is 6.31. The minimum Gasteiger partial charge on any atom is -0.494 e. The number of allylic oxidation sites excluding steroid dienone is 2. The summed E-state index contributed by atoms with van der Waals surface area (Å²) in [6.07, 6.45) is 6.92. The molecular formula is C24H29NO4. The maximum Gasteiger partial charge on any atom is 0.322 e. The van der Waals surface area contributed by atoms with Gasteiger partial charge in [0.1, 0.15) is 6.61 Å². The quantitative estimate of drug-likeness (QED) is 0.379. The monoisotopic (exact) mass is 395 g/mol. The van der Waals surface area contributed by atoms with Crippen LogP contribution in [-0.4, -0.2) is 36.5 Å². The Morgan fingerprint density at radius 3 is 2.62 bits per heavy atom. The molecule has 2 aliphatic rings. The number of methoxy groups -OCH3 is 1. The number of amides is 1. The predicted octanol–water partition coefficient (Wildman–Crippen LogP) is 4.02. The first-order valence-corrected chi connectivity index (χ1v) is 9.94. The lowest BCUT2D eigenvalue weighted by Gasteiger charge is -2.42. The summed E-state index contributed by atoms with van der Waals surface area (Å²) < 4.78 is 11.0. The van der Waals surface area contributed by atoms with Crippen LogP contribution in [-0.2, 0) is 25.6 Å². The Balaban J connectivity index is 2.11. The van der Waals surface area contributed by atoms with Gasteiger partial charge in [-0.3, -0.25) is 9.59 Å². The van der Waals surface area contributed by atoms with Crippen LogP contribution < -0.4 is 0 Å². The highest BCUT2D eigenvalue weighted by Gasteiger charge is 2.70. The van der Waals surface area contributed by atoms with E-state index >= 15 is 0 Å². The summed E-state index contributed by atoms with van der Waals surface area (Å²) in [6.45, 7) is 10.3. The Labute approximate surface area is 172 Å². The highest BCUT2D eigenvalue weighted by Crippen LogP contribution is 2.59. The third kappa shape index (κ3) is 3.28. The zero-order valence-corrected chi connectivity index (χ0v) is 17.2. The van der Waals surface area contributed by atoms with E-state index in [9.17, 15) is 9.59 Å². The minimum absolute atomic E-state index is 0.134. The van der Waals surface area contributed by atoms with Gasteiger partial charge in [-0.05, 0) is 24.5 Å². The molecule has 154 valence electrons. The molecule has 0 aromatic heterocycles. The summed E-state index contributed by atoms with van der Waals surface area (Å²) in [4.78, 5) is 28.8. The molecule has 3 atom stereocenters. The van der Waals surface area contributed by atoms with E-state index in [1.807, 2.05) is 48.2 Å². The number of hydrogen-bond acceptors (Lipinski definition) is 4. The zero-order chi connectivity index (χ0) is 21.1. The van der Waals surface area contributed by atoms with Crippen LogP contribution in [0.3, 0.4) is 0 Å². The van der Waals surface area contributed by atoms with Crippen molar-refractivity contribution in [2.45, 2.75) is 38.8 Å². The van der Waals surface area contributed by atoms with Gasteiger partial charge in [0.25, 0.3) is 0 Å². The van der Waals surface area contributed by atoms with E-state index in [0.29, 0.717) is 26.0 Å². The van der Waals surface area contributed by atoms with Gasteiger partial charge in [0.05, 0.1) is 12.9 Å². The van der Waals surface area contributed by atoms with E-state index < -0.39 is 16.8 Å². The number of carbonyl (C=O) groups is 2.